The summed E-state index contributed by atoms with van der Waals surface area (Å²) in [6.07, 6.45) is 3.39. The average molecular weight is 212 g/mol. The molecule has 4 nitrogen and oxygen atoms in total. The van der Waals surface area contributed by atoms with Gasteiger partial charge < -0.3 is 5.32 Å². The van der Waals surface area contributed by atoms with Crippen molar-refractivity contribution in [2.75, 3.05) is 13.1 Å². The lowest BCUT2D eigenvalue weighted by Gasteiger charge is -2.29. The van der Waals surface area contributed by atoms with Crippen LogP contribution in [0, 0.1) is 0 Å². The van der Waals surface area contributed by atoms with Gasteiger partial charge in [-0.2, -0.15) is 5.10 Å². The Hall–Kier alpha value is -0.970. The Balaban J connectivity index is 2.06. The van der Waals surface area contributed by atoms with E-state index in [0.29, 0.717) is 19.4 Å². The predicted octanol–water partition coefficient (Wildman–Crippen LogP) is 0.932. The van der Waals surface area contributed by atoms with Crippen LogP contribution in [0.1, 0.15) is 25.6 Å². The van der Waals surface area contributed by atoms with E-state index in [2.05, 4.69) is 15.4 Å². The van der Waals surface area contributed by atoms with Gasteiger partial charge in [0, 0.05) is 19.5 Å². The predicted molar refractivity (Wildman–Crippen MR) is 55.3 cm³/mol. The minimum Gasteiger partial charge on any atom is -0.314 e. The molecule has 1 saturated heterocycles. The van der Waals surface area contributed by atoms with Crippen LogP contribution in [-0.2, 0) is 13.0 Å². The minimum absolute atomic E-state index is 0.369. The maximum atomic E-state index is 14.3. The van der Waals surface area contributed by atoms with Crippen LogP contribution in [0.15, 0.2) is 6.33 Å². The lowest BCUT2D eigenvalue weighted by Crippen LogP contribution is -2.44. The van der Waals surface area contributed by atoms with Gasteiger partial charge in [-0.1, -0.05) is 0 Å². The molecule has 2 heterocycles. The van der Waals surface area contributed by atoms with Gasteiger partial charge in [-0.15, -0.1) is 0 Å². The van der Waals surface area contributed by atoms with Crippen molar-refractivity contribution >= 4 is 0 Å². The quantitative estimate of drug-likeness (QED) is 0.810. The lowest BCUT2D eigenvalue weighted by atomic mass is 9.92. The Morgan fingerprint density at radius 3 is 3.20 bits per heavy atom. The standard InChI is InChI=1S/C10H17FN4/c1-2-15-9(13-8-14-15)6-10(11)4-3-5-12-7-10/h8,12H,2-7H2,1H3. The third kappa shape index (κ3) is 2.34. The third-order valence-corrected chi connectivity index (χ3v) is 2.89. The van der Waals surface area contributed by atoms with Crippen LogP contribution in [0.2, 0.25) is 0 Å². The molecule has 5 heteroatoms. The number of halogens is 1. The first-order chi connectivity index (χ1) is 7.23. The van der Waals surface area contributed by atoms with Gasteiger partial charge in [0.25, 0.3) is 0 Å². The summed E-state index contributed by atoms with van der Waals surface area (Å²) < 4.78 is 16.1. The van der Waals surface area contributed by atoms with Crippen LogP contribution in [0.4, 0.5) is 4.39 Å². The van der Waals surface area contributed by atoms with Crippen LogP contribution in [0.3, 0.4) is 0 Å². The van der Waals surface area contributed by atoms with Crippen molar-refractivity contribution in [1.82, 2.24) is 20.1 Å². The first kappa shape index (κ1) is 10.5. The fraction of sp³-hybridized carbons (Fsp3) is 0.800. The molecule has 2 rings (SSSR count). The van der Waals surface area contributed by atoms with Crippen LogP contribution in [0.5, 0.6) is 0 Å². The highest BCUT2D eigenvalue weighted by molar-refractivity contribution is 4.97. The molecule has 0 amide bonds. The molecule has 1 aromatic rings. The fourth-order valence-electron chi connectivity index (χ4n) is 2.05. The summed E-state index contributed by atoms with van der Waals surface area (Å²) in [6, 6.07) is 0. The summed E-state index contributed by atoms with van der Waals surface area (Å²) in [4.78, 5) is 4.11. The van der Waals surface area contributed by atoms with E-state index in [-0.39, 0.29) is 0 Å². The fourth-order valence-corrected chi connectivity index (χ4v) is 2.05. The molecule has 0 spiro atoms. The van der Waals surface area contributed by atoms with E-state index < -0.39 is 5.67 Å². The lowest BCUT2D eigenvalue weighted by molar-refractivity contribution is 0.118. The highest BCUT2D eigenvalue weighted by Crippen LogP contribution is 2.24. The van der Waals surface area contributed by atoms with E-state index in [1.165, 1.54) is 6.33 Å². The number of rotatable bonds is 3. The summed E-state index contributed by atoms with van der Waals surface area (Å²) in [5.41, 5.74) is -1.14. The average Bonchev–Trinajstić information content (AvgIpc) is 2.65. The zero-order chi connectivity index (χ0) is 10.7. The summed E-state index contributed by atoms with van der Waals surface area (Å²) in [5.74, 6) is 0.753. The molecule has 0 bridgehead atoms. The number of aromatic nitrogens is 3. The molecule has 0 aliphatic carbocycles. The Kier molecular flexibility index (Phi) is 3.00. The van der Waals surface area contributed by atoms with E-state index in [1.807, 2.05) is 6.92 Å². The van der Waals surface area contributed by atoms with Gasteiger partial charge in [0.2, 0.25) is 0 Å². The normalized spacial score (nSPS) is 26.8. The molecular formula is C10H17FN4. The second kappa shape index (κ2) is 4.26. The topological polar surface area (TPSA) is 42.7 Å². The van der Waals surface area contributed by atoms with Crippen molar-refractivity contribution < 1.29 is 4.39 Å². The molecule has 1 unspecified atom stereocenters. The zero-order valence-corrected chi connectivity index (χ0v) is 9.04. The number of hydrogen-bond donors (Lipinski definition) is 1. The third-order valence-electron chi connectivity index (χ3n) is 2.89. The Morgan fingerprint density at radius 1 is 1.67 bits per heavy atom. The van der Waals surface area contributed by atoms with Gasteiger partial charge >= 0.3 is 0 Å². The number of aryl methyl sites for hydroxylation is 1. The monoisotopic (exact) mass is 212 g/mol. The molecule has 1 atom stereocenters. The molecular weight excluding hydrogens is 195 g/mol. The van der Waals surface area contributed by atoms with Gasteiger partial charge in [-0.3, -0.25) is 4.68 Å². The molecule has 1 fully saturated rings. The van der Waals surface area contributed by atoms with E-state index in [0.717, 1.165) is 25.3 Å². The smallest absolute Gasteiger partial charge is 0.138 e. The number of alkyl halides is 1. The maximum absolute atomic E-state index is 14.3. The van der Waals surface area contributed by atoms with Gasteiger partial charge in [0.1, 0.15) is 17.8 Å². The number of hydrogen-bond acceptors (Lipinski definition) is 3. The van der Waals surface area contributed by atoms with Crippen molar-refractivity contribution in [3.63, 3.8) is 0 Å². The first-order valence-corrected chi connectivity index (χ1v) is 5.50. The molecule has 0 radical (unpaired) electrons. The minimum atomic E-state index is -1.14. The summed E-state index contributed by atoms with van der Waals surface area (Å²) in [6.45, 7) is 4.09. The highest BCUT2D eigenvalue weighted by atomic mass is 19.1. The largest absolute Gasteiger partial charge is 0.314 e. The van der Waals surface area contributed by atoms with Gasteiger partial charge in [0.15, 0.2) is 0 Å². The molecule has 1 aliphatic rings. The second-order valence-corrected chi connectivity index (χ2v) is 4.10. The van der Waals surface area contributed by atoms with Crippen molar-refractivity contribution in [2.45, 2.75) is 38.4 Å². The Morgan fingerprint density at radius 2 is 2.53 bits per heavy atom. The molecule has 84 valence electrons. The van der Waals surface area contributed by atoms with Crippen LogP contribution < -0.4 is 5.32 Å². The molecule has 0 saturated carbocycles. The van der Waals surface area contributed by atoms with Crippen LogP contribution in [0.25, 0.3) is 0 Å². The highest BCUT2D eigenvalue weighted by Gasteiger charge is 2.33. The molecule has 1 N–H and O–H groups in total. The molecule has 15 heavy (non-hydrogen) atoms. The Labute approximate surface area is 88.9 Å². The van der Waals surface area contributed by atoms with Crippen molar-refractivity contribution in [3.05, 3.63) is 12.2 Å². The summed E-state index contributed by atoms with van der Waals surface area (Å²) >= 11 is 0. The second-order valence-electron chi connectivity index (χ2n) is 4.10. The van der Waals surface area contributed by atoms with E-state index >= 15 is 0 Å². The first-order valence-electron chi connectivity index (χ1n) is 5.50. The van der Waals surface area contributed by atoms with Crippen molar-refractivity contribution in [3.8, 4) is 0 Å². The SMILES string of the molecule is CCn1ncnc1CC1(F)CCCNC1. The number of nitrogens with zero attached hydrogens (tertiary/aromatic N) is 3. The maximum Gasteiger partial charge on any atom is 0.138 e. The summed E-state index contributed by atoms with van der Waals surface area (Å²) in [7, 11) is 0. The number of piperidine rings is 1. The van der Waals surface area contributed by atoms with E-state index in [1.54, 1.807) is 4.68 Å². The van der Waals surface area contributed by atoms with Gasteiger partial charge in [0.05, 0.1) is 0 Å². The molecule has 1 aliphatic heterocycles. The van der Waals surface area contributed by atoms with E-state index in [4.69, 9.17) is 0 Å². The van der Waals surface area contributed by atoms with Crippen molar-refractivity contribution in [2.24, 2.45) is 0 Å². The summed E-state index contributed by atoms with van der Waals surface area (Å²) in [5, 5.41) is 7.14. The Bertz CT molecular complexity index is 317. The van der Waals surface area contributed by atoms with Gasteiger partial charge in [-0.05, 0) is 26.3 Å². The van der Waals surface area contributed by atoms with Gasteiger partial charge in [-0.25, -0.2) is 9.37 Å². The molecule has 1 aromatic heterocycles. The van der Waals surface area contributed by atoms with Crippen LogP contribution >= 0.6 is 0 Å². The van der Waals surface area contributed by atoms with E-state index in [9.17, 15) is 4.39 Å². The van der Waals surface area contributed by atoms with Crippen molar-refractivity contribution in [1.29, 1.82) is 0 Å². The van der Waals surface area contributed by atoms with Crippen LogP contribution in [-0.4, -0.2) is 33.5 Å². The number of nitrogens with one attached hydrogen (secondary N) is 1. The molecule has 0 aromatic carbocycles. The zero-order valence-electron chi connectivity index (χ0n) is 9.04.